The fraction of sp³-hybridized carbons (Fsp3) is 0.318. The van der Waals surface area contributed by atoms with Crippen LogP contribution in [0.15, 0.2) is 48.5 Å². The van der Waals surface area contributed by atoms with Crippen LogP contribution in [-0.2, 0) is 16.0 Å². The maximum Gasteiger partial charge on any atom is 0.262 e. The number of rotatable bonds is 9. The minimum Gasteiger partial charge on any atom is -0.484 e. The Balaban J connectivity index is 1.84. The summed E-state index contributed by atoms with van der Waals surface area (Å²) in [6.07, 6.45) is 0.978. The first-order valence-corrected chi connectivity index (χ1v) is 9.41. The molecule has 7 heteroatoms. The largest absolute Gasteiger partial charge is 0.484 e. The van der Waals surface area contributed by atoms with E-state index in [1.807, 2.05) is 20.8 Å². The molecule has 3 amide bonds. The molecule has 0 aliphatic rings. The number of carbonyl (C=O) groups excluding carboxylic acids is 3. The van der Waals surface area contributed by atoms with Crippen LogP contribution >= 0.6 is 0 Å². The molecule has 2 rings (SSSR count). The second kappa shape index (κ2) is 9.73. The molecule has 154 valence electrons. The molecule has 0 bridgehead atoms. The lowest BCUT2D eigenvalue weighted by Gasteiger charge is -2.24. The number of ether oxygens (including phenoxy) is 1. The van der Waals surface area contributed by atoms with E-state index in [2.05, 4.69) is 10.6 Å². The van der Waals surface area contributed by atoms with Crippen LogP contribution < -0.4 is 21.1 Å². The number of primary amides is 1. The summed E-state index contributed by atoms with van der Waals surface area (Å²) in [6, 6.07) is 13.5. The molecule has 0 aliphatic carbocycles. The number of nitrogens with two attached hydrogens (primary N) is 1. The number of anilines is 1. The summed E-state index contributed by atoms with van der Waals surface area (Å²) < 4.78 is 5.44. The van der Waals surface area contributed by atoms with E-state index >= 15 is 0 Å². The Hall–Kier alpha value is -3.35. The molecule has 0 aromatic heterocycles. The van der Waals surface area contributed by atoms with E-state index in [9.17, 15) is 14.4 Å². The Morgan fingerprint density at radius 3 is 2.17 bits per heavy atom. The Bertz CT molecular complexity index is 859. The molecule has 0 radical (unpaired) electrons. The van der Waals surface area contributed by atoms with Crippen molar-refractivity contribution in [3.05, 3.63) is 59.7 Å². The van der Waals surface area contributed by atoms with Gasteiger partial charge in [0, 0.05) is 16.8 Å². The van der Waals surface area contributed by atoms with Crippen molar-refractivity contribution in [2.24, 2.45) is 5.73 Å². The summed E-state index contributed by atoms with van der Waals surface area (Å²) in [6.45, 7) is 5.77. The first-order chi connectivity index (χ1) is 13.7. The van der Waals surface area contributed by atoms with Gasteiger partial charge in [-0.25, -0.2) is 0 Å². The summed E-state index contributed by atoms with van der Waals surface area (Å²) in [5, 5.41) is 5.68. The number of carbonyl (C=O) groups is 3. The van der Waals surface area contributed by atoms with E-state index < -0.39 is 5.91 Å². The number of amides is 3. The first-order valence-electron chi connectivity index (χ1n) is 9.41. The van der Waals surface area contributed by atoms with E-state index in [4.69, 9.17) is 10.5 Å². The predicted octanol–water partition coefficient (Wildman–Crippen LogP) is 2.65. The Kier molecular flexibility index (Phi) is 7.36. The standard InChI is InChI=1S/C22H27N3O4/c1-4-22(2,3)25-21(28)16-7-9-17(10-8-16)24-20(27)14-29-18-11-5-15(6-12-18)13-19(23)26/h5-12H,4,13-14H2,1-3H3,(H2,23,26)(H,24,27)(H,25,28). The molecule has 0 saturated heterocycles. The highest BCUT2D eigenvalue weighted by Crippen LogP contribution is 2.14. The molecule has 0 heterocycles. The molecule has 0 saturated carbocycles. The van der Waals surface area contributed by atoms with Crippen molar-refractivity contribution in [3.63, 3.8) is 0 Å². The van der Waals surface area contributed by atoms with E-state index in [1.54, 1.807) is 48.5 Å². The summed E-state index contributed by atoms with van der Waals surface area (Å²) >= 11 is 0. The molecule has 0 spiro atoms. The minimum absolute atomic E-state index is 0.155. The number of hydrogen-bond acceptors (Lipinski definition) is 4. The molecule has 4 N–H and O–H groups in total. The van der Waals surface area contributed by atoms with Gasteiger partial charge in [0.2, 0.25) is 5.91 Å². The van der Waals surface area contributed by atoms with Gasteiger partial charge >= 0.3 is 0 Å². The van der Waals surface area contributed by atoms with Crippen molar-refractivity contribution >= 4 is 23.4 Å². The molecule has 2 aromatic carbocycles. The zero-order chi connectivity index (χ0) is 21.4. The minimum atomic E-state index is -0.407. The summed E-state index contributed by atoms with van der Waals surface area (Å²) in [5.74, 6) is -0.372. The molecule has 2 aromatic rings. The van der Waals surface area contributed by atoms with Crippen LogP contribution in [-0.4, -0.2) is 29.9 Å². The van der Waals surface area contributed by atoms with Crippen molar-refractivity contribution in [3.8, 4) is 5.75 Å². The van der Waals surface area contributed by atoms with Crippen LogP contribution in [0.5, 0.6) is 5.75 Å². The van der Waals surface area contributed by atoms with Gasteiger partial charge in [-0.3, -0.25) is 14.4 Å². The van der Waals surface area contributed by atoms with Gasteiger partial charge in [-0.05, 0) is 62.2 Å². The Morgan fingerprint density at radius 1 is 1.00 bits per heavy atom. The molecular formula is C22H27N3O4. The van der Waals surface area contributed by atoms with Crippen molar-refractivity contribution in [1.29, 1.82) is 0 Å². The van der Waals surface area contributed by atoms with E-state index in [1.165, 1.54) is 0 Å². The van der Waals surface area contributed by atoms with Gasteiger partial charge in [-0.15, -0.1) is 0 Å². The highest BCUT2D eigenvalue weighted by Gasteiger charge is 2.18. The van der Waals surface area contributed by atoms with Gasteiger partial charge < -0.3 is 21.1 Å². The Morgan fingerprint density at radius 2 is 1.62 bits per heavy atom. The topological polar surface area (TPSA) is 111 Å². The monoisotopic (exact) mass is 397 g/mol. The van der Waals surface area contributed by atoms with E-state index in [0.29, 0.717) is 17.0 Å². The van der Waals surface area contributed by atoms with E-state index in [-0.39, 0.29) is 30.4 Å². The maximum absolute atomic E-state index is 12.3. The SMILES string of the molecule is CCC(C)(C)NC(=O)c1ccc(NC(=O)COc2ccc(CC(N)=O)cc2)cc1. The van der Waals surface area contributed by atoms with Gasteiger partial charge in [0.15, 0.2) is 6.61 Å². The van der Waals surface area contributed by atoms with Crippen molar-refractivity contribution in [2.75, 3.05) is 11.9 Å². The second-order valence-corrected chi connectivity index (χ2v) is 7.39. The number of hydrogen-bond donors (Lipinski definition) is 3. The quantitative estimate of drug-likeness (QED) is 0.604. The van der Waals surface area contributed by atoms with Crippen LogP contribution in [0.1, 0.15) is 43.1 Å². The first kappa shape index (κ1) is 21.9. The molecular weight excluding hydrogens is 370 g/mol. The second-order valence-electron chi connectivity index (χ2n) is 7.39. The molecule has 0 unspecified atom stereocenters. The van der Waals surface area contributed by atoms with Crippen LogP contribution in [0, 0.1) is 0 Å². The van der Waals surface area contributed by atoms with Gasteiger partial charge in [-0.2, -0.15) is 0 Å². The predicted molar refractivity (Wildman–Crippen MR) is 112 cm³/mol. The van der Waals surface area contributed by atoms with Gasteiger partial charge in [-0.1, -0.05) is 19.1 Å². The fourth-order valence-electron chi connectivity index (χ4n) is 2.42. The van der Waals surface area contributed by atoms with Gasteiger partial charge in [0.25, 0.3) is 11.8 Å². The molecule has 0 atom stereocenters. The summed E-state index contributed by atoms with van der Waals surface area (Å²) in [5.41, 5.74) is 6.74. The lowest BCUT2D eigenvalue weighted by atomic mass is 10.0. The zero-order valence-electron chi connectivity index (χ0n) is 17.0. The van der Waals surface area contributed by atoms with Crippen molar-refractivity contribution in [1.82, 2.24) is 5.32 Å². The highest BCUT2D eigenvalue weighted by atomic mass is 16.5. The van der Waals surface area contributed by atoms with Gasteiger partial charge in [0.05, 0.1) is 6.42 Å². The van der Waals surface area contributed by atoms with Crippen LogP contribution in [0.25, 0.3) is 0 Å². The van der Waals surface area contributed by atoms with E-state index in [0.717, 1.165) is 12.0 Å². The smallest absolute Gasteiger partial charge is 0.262 e. The normalized spacial score (nSPS) is 10.9. The number of benzene rings is 2. The van der Waals surface area contributed by atoms with Crippen LogP contribution in [0.4, 0.5) is 5.69 Å². The molecule has 0 fully saturated rings. The summed E-state index contributed by atoms with van der Waals surface area (Å²) in [7, 11) is 0. The lowest BCUT2D eigenvalue weighted by molar-refractivity contribution is -0.118. The lowest BCUT2D eigenvalue weighted by Crippen LogP contribution is -2.42. The molecule has 7 nitrogen and oxygen atoms in total. The number of nitrogens with one attached hydrogen (secondary N) is 2. The zero-order valence-corrected chi connectivity index (χ0v) is 17.0. The van der Waals surface area contributed by atoms with Crippen LogP contribution in [0.3, 0.4) is 0 Å². The third kappa shape index (κ3) is 7.29. The van der Waals surface area contributed by atoms with Gasteiger partial charge in [0.1, 0.15) is 5.75 Å². The third-order valence-electron chi connectivity index (χ3n) is 4.44. The fourth-order valence-corrected chi connectivity index (χ4v) is 2.42. The third-order valence-corrected chi connectivity index (χ3v) is 4.44. The average Bonchev–Trinajstić information content (AvgIpc) is 2.67. The molecule has 0 aliphatic heterocycles. The molecule has 29 heavy (non-hydrogen) atoms. The Labute approximate surface area is 170 Å². The summed E-state index contributed by atoms with van der Waals surface area (Å²) in [4.78, 5) is 35.2. The average molecular weight is 397 g/mol. The van der Waals surface area contributed by atoms with Crippen molar-refractivity contribution in [2.45, 2.75) is 39.2 Å². The maximum atomic E-state index is 12.3. The highest BCUT2D eigenvalue weighted by molar-refractivity contribution is 5.96. The van der Waals surface area contributed by atoms with Crippen LogP contribution in [0.2, 0.25) is 0 Å². The van der Waals surface area contributed by atoms with Crippen molar-refractivity contribution < 1.29 is 19.1 Å².